The number of aromatic nitrogens is 1. The number of benzene rings is 2. The summed E-state index contributed by atoms with van der Waals surface area (Å²) in [7, 11) is 0. The van der Waals surface area contributed by atoms with E-state index < -0.39 is 12.0 Å². The fourth-order valence-corrected chi connectivity index (χ4v) is 5.17. The molecular formula is C29H30N2O5S. The molecule has 0 bridgehead atoms. The van der Waals surface area contributed by atoms with Gasteiger partial charge in [0.05, 0.1) is 34.6 Å². The maximum absolute atomic E-state index is 13.8. The van der Waals surface area contributed by atoms with E-state index in [2.05, 4.69) is 11.6 Å². The Labute approximate surface area is 219 Å². The van der Waals surface area contributed by atoms with Crippen molar-refractivity contribution in [2.24, 2.45) is 4.99 Å². The fraction of sp³-hybridized carbons (Fsp3) is 0.276. The predicted octanol–water partition coefficient (Wildman–Crippen LogP) is 4.15. The first kappa shape index (κ1) is 26.2. The average molecular weight is 519 g/mol. The van der Waals surface area contributed by atoms with E-state index in [4.69, 9.17) is 14.2 Å². The lowest BCUT2D eigenvalue weighted by Gasteiger charge is -2.25. The Morgan fingerprint density at radius 3 is 2.59 bits per heavy atom. The number of ether oxygens (including phenoxy) is 3. The third kappa shape index (κ3) is 5.59. The summed E-state index contributed by atoms with van der Waals surface area (Å²) in [6.07, 6.45) is 3.49. The Morgan fingerprint density at radius 2 is 1.92 bits per heavy atom. The summed E-state index contributed by atoms with van der Waals surface area (Å²) in [5.74, 6) is 0.864. The third-order valence-corrected chi connectivity index (χ3v) is 6.63. The predicted molar refractivity (Wildman–Crippen MR) is 145 cm³/mol. The molecule has 1 aliphatic heterocycles. The highest BCUT2D eigenvalue weighted by molar-refractivity contribution is 7.07. The first-order valence-electron chi connectivity index (χ1n) is 12.1. The van der Waals surface area contributed by atoms with Gasteiger partial charge in [0.1, 0.15) is 18.1 Å². The van der Waals surface area contributed by atoms with Gasteiger partial charge in [-0.2, -0.15) is 0 Å². The van der Waals surface area contributed by atoms with E-state index in [1.165, 1.54) is 11.3 Å². The number of para-hydroxylation sites is 1. The van der Waals surface area contributed by atoms with Crippen molar-refractivity contribution in [1.82, 2.24) is 4.57 Å². The van der Waals surface area contributed by atoms with E-state index in [0.717, 1.165) is 11.1 Å². The van der Waals surface area contributed by atoms with Crippen LogP contribution in [0.4, 0.5) is 0 Å². The van der Waals surface area contributed by atoms with Gasteiger partial charge in [-0.05, 0) is 57.5 Å². The summed E-state index contributed by atoms with van der Waals surface area (Å²) >= 11 is 1.27. The van der Waals surface area contributed by atoms with Crippen molar-refractivity contribution in [2.45, 2.75) is 39.8 Å². The zero-order valence-corrected chi connectivity index (χ0v) is 22.2. The molecule has 1 atom stereocenters. The molecule has 0 fully saturated rings. The molecule has 4 rings (SSSR count). The number of thiazole rings is 1. The molecule has 1 aliphatic rings. The first-order valence-corrected chi connectivity index (χ1v) is 12.9. The number of nitrogens with zero attached hydrogens (tertiary/aromatic N) is 2. The summed E-state index contributed by atoms with van der Waals surface area (Å²) in [5.41, 5.74) is 2.14. The monoisotopic (exact) mass is 518 g/mol. The van der Waals surface area contributed by atoms with Gasteiger partial charge < -0.3 is 14.2 Å². The molecule has 0 aliphatic carbocycles. The van der Waals surface area contributed by atoms with Gasteiger partial charge in [-0.25, -0.2) is 9.79 Å². The molecule has 37 heavy (non-hydrogen) atoms. The largest absolute Gasteiger partial charge is 0.491 e. The van der Waals surface area contributed by atoms with Crippen molar-refractivity contribution in [2.75, 3.05) is 13.2 Å². The molecule has 0 saturated heterocycles. The molecule has 2 heterocycles. The molecule has 1 aromatic heterocycles. The zero-order valence-electron chi connectivity index (χ0n) is 21.4. The number of carbonyl (C=O) groups excluding carboxylic acids is 1. The van der Waals surface area contributed by atoms with E-state index >= 15 is 0 Å². The normalized spacial score (nSPS) is 15.3. The summed E-state index contributed by atoms with van der Waals surface area (Å²) in [6, 6.07) is 14.2. The molecule has 0 N–H and O–H groups in total. The van der Waals surface area contributed by atoms with Crippen LogP contribution in [0.1, 0.15) is 44.9 Å². The molecule has 7 nitrogen and oxygen atoms in total. The lowest BCUT2D eigenvalue weighted by atomic mass is 9.96. The van der Waals surface area contributed by atoms with Crippen molar-refractivity contribution in [1.29, 1.82) is 0 Å². The average Bonchev–Trinajstić information content (AvgIpc) is 3.17. The van der Waals surface area contributed by atoms with Crippen LogP contribution >= 0.6 is 11.3 Å². The molecule has 3 aromatic rings. The second-order valence-electron chi connectivity index (χ2n) is 8.68. The van der Waals surface area contributed by atoms with Gasteiger partial charge in [0, 0.05) is 5.56 Å². The van der Waals surface area contributed by atoms with Gasteiger partial charge in [-0.15, -0.1) is 0 Å². The van der Waals surface area contributed by atoms with E-state index in [-0.39, 0.29) is 18.3 Å². The quantitative estimate of drug-likeness (QED) is 0.314. The SMILES string of the molecule is C=CCOc1ccccc1/C=c1/sc2n(c1=O)[C@H](c1ccc(OC(C)C)cc1)C(C(=O)OCC)=C(C)N=2. The minimum atomic E-state index is -0.683. The number of allylic oxidation sites excluding steroid dienone is 1. The van der Waals surface area contributed by atoms with Crippen LogP contribution in [-0.4, -0.2) is 29.9 Å². The van der Waals surface area contributed by atoms with Crippen LogP contribution in [-0.2, 0) is 9.53 Å². The van der Waals surface area contributed by atoms with E-state index in [0.29, 0.717) is 38.7 Å². The number of esters is 1. The van der Waals surface area contributed by atoms with E-state index in [1.807, 2.05) is 62.4 Å². The van der Waals surface area contributed by atoms with Crippen molar-refractivity contribution >= 4 is 23.4 Å². The standard InChI is InChI=1S/C29H30N2O5S/c1-6-16-35-23-11-9-8-10-21(23)17-24-27(32)31-26(20-12-14-22(15-13-20)36-18(3)4)25(28(33)34-7-2)19(5)30-29(31)37-24/h6,8-15,17-18,26H,1,7,16H2,2-5H3/b24-17+/t26-/m1/s1. The molecule has 2 aromatic carbocycles. The number of rotatable bonds is 9. The molecule has 192 valence electrons. The summed E-state index contributed by atoms with van der Waals surface area (Å²) in [5, 5.41) is 0. The Bertz CT molecular complexity index is 1510. The second kappa shape index (κ2) is 11.4. The lowest BCUT2D eigenvalue weighted by molar-refractivity contribution is -0.139. The van der Waals surface area contributed by atoms with Gasteiger partial charge >= 0.3 is 5.97 Å². The van der Waals surface area contributed by atoms with Gasteiger partial charge in [0.15, 0.2) is 4.80 Å². The highest BCUT2D eigenvalue weighted by Crippen LogP contribution is 2.32. The number of carbonyl (C=O) groups is 1. The molecule has 0 saturated carbocycles. The molecule has 8 heteroatoms. The third-order valence-electron chi connectivity index (χ3n) is 5.65. The molecule has 0 radical (unpaired) electrons. The number of fused-ring (bicyclic) bond motifs is 1. The summed E-state index contributed by atoms with van der Waals surface area (Å²) < 4.78 is 19.0. The van der Waals surface area contributed by atoms with E-state index in [9.17, 15) is 9.59 Å². The van der Waals surface area contributed by atoms with Gasteiger partial charge in [0.25, 0.3) is 5.56 Å². The minimum Gasteiger partial charge on any atom is -0.491 e. The molecule has 0 spiro atoms. The minimum absolute atomic E-state index is 0.0269. The topological polar surface area (TPSA) is 79.1 Å². The number of hydrogen-bond donors (Lipinski definition) is 0. The van der Waals surface area contributed by atoms with Crippen molar-refractivity contribution < 1.29 is 19.0 Å². The van der Waals surface area contributed by atoms with Crippen LogP contribution in [0.15, 0.2) is 82.2 Å². The van der Waals surface area contributed by atoms with Gasteiger partial charge in [-0.3, -0.25) is 9.36 Å². The van der Waals surface area contributed by atoms with Gasteiger partial charge in [0.2, 0.25) is 0 Å². The Hall–Kier alpha value is -3.91. The highest BCUT2D eigenvalue weighted by Gasteiger charge is 2.33. The highest BCUT2D eigenvalue weighted by atomic mass is 32.1. The van der Waals surface area contributed by atoms with E-state index in [1.54, 1.807) is 30.6 Å². The summed E-state index contributed by atoms with van der Waals surface area (Å²) in [4.78, 5) is 32.0. The van der Waals surface area contributed by atoms with Crippen molar-refractivity contribution in [3.05, 3.63) is 103 Å². The Kier molecular flexibility index (Phi) is 8.08. The van der Waals surface area contributed by atoms with Crippen LogP contribution < -0.4 is 24.4 Å². The fourth-order valence-electron chi connectivity index (χ4n) is 4.13. The van der Waals surface area contributed by atoms with Crippen LogP contribution in [0.5, 0.6) is 11.5 Å². The maximum atomic E-state index is 13.8. The first-order chi connectivity index (χ1) is 17.8. The molecule has 0 unspecified atom stereocenters. The molecule has 0 amide bonds. The second-order valence-corrected chi connectivity index (χ2v) is 9.68. The number of hydrogen-bond acceptors (Lipinski definition) is 7. The lowest BCUT2D eigenvalue weighted by Crippen LogP contribution is -2.39. The molecular weight excluding hydrogens is 488 g/mol. The Balaban J connectivity index is 1.88. The van der Waals surface area contributed by atoms with Crippen LogP contribution in [0.2, 0.25) is 0 Å². The Morgan fingerprint density at radius 1 is 1.19 bits per heavy atom. The van der Waals surface area contributed by atoms with Crippen LogP contribution in [0, 0.1) is 0 Å². The summed E-state index contributed by atoms with van der Waals surface area (Å²) in [6.45, 7) is 11.7. The zero-order chi connectivity index (χ0) is 26.5. The van der Waals surface area contributed by atoms with Crippen molar-refractivity contribution in [3.63, 3.8) is 0 Å². The smallest absolute Gasteiger partial charge is 0.338 e. The van der Waals surface area contributed by atoms with Crippen molar-refractivity contribution in [3.8, 4) is 11.5 Å². The van der Waals surface area contributed by atoms with Gasteiger partial charge in [-0.1, -0.05) is 54.3 Å². The van der Waals surface area contributed by atoms with Crippen LogP contribution in [0.25, 0.3) is 6.08 Å². The van der Waals surface area contributed by atoms with Crippen LogP contribution in [0.3, 0.4) is 0 Å². The maximum Gasteiger partial charge on any atom is 0.338 e.